The lowest BCUT2D eigenvalue weighted by molar-refractivity contribution is -0.157. The molecule has 2 amide bonds. The number of likely N-dealkylation sites (tertiary alicyclic amines) is 1. The van der Waals surface area contributed by atoms with Crippen LogP contribution in [0, 0.1) is 19.8 Å². The molecule has 8 heteroatoms. The van der Waals surface area contributed by atoms with Crippen LogP contribution in [0.2, 0.25) is 5.02 Å². The zero-order chi connectivity index (χ0) is 26.3. The maximum absolute atomic E-state index is 13.5. The first-order valence-electron chi connectivity index (χ1n) is 13.5. The minimum absolute atomic E-state index is 0.0169. The molecular formula is C28H44ClN3O4. The van der Waals surface area contributed by atoms with Crippen molar-refractivity contribution in [3.63, 3.8) is 0 Å². The third-order valence-electron chi connectivity index (χ3n) is 7.64. The van der Waals surface area contributed by atoms with Gasteiger partial charge in [0.15, 0.2) is 0 Å². The molecule has 1 atom stereocenters. The van der Waals surface area contributed by atoms with E-state index >= 15 is 0 Å². The Kier molecular flexibility index (Phi) is 10.5. The minimum Gasteiger partial charge on any atom is -0.490 e. The number of halogens is 1. The normalized spacial score (nSPS) is 21.6. The third kappa shape index (κ3) is 7.83. The highest BCUT2D eigenvalue weighted by Gasteiger charge is 2.41. The van der Waals surface area contributed by atoms with Gasteiger partial charge in [-0.25, -0.2) is 0 Å². The number of amides is 2. The van der Waals surface area contributed by atoms with E-state index in [-0.39, 0.29) is 24.3 Å². The molecule has 2 saturated heterocycles. The molecule has 0 spiro atoms. The van der Waals surface area contributed by atoms with Crippen LogP contribution in [0.15, 0.2) is 12.1 Å². The molecule has 0 bridgehead atoms. The van der Waals surface area contributed by atoms with Gasteiger partial charge in [-0.05, 0) is 55.9 Å². The standard InChI is InChI=1S/C28H44ClN3O4/c1-6-23(7-2)17-31-12-13-36-28(18-31,19-35-25-14-20(3)27(29)21(4)15-25)16-26(34)32-10-8-24(9-11-32)30-22(5)33/h14-15,23-24H,6-13,16-19H2,1-5H3,(H,30,33). The number of carbonyl (C=O) groups excluding carboxylic acids is 2. The van der Waals surface area contributed by atoms with E-state index in [4.69, 9.17) is 21.1 Å². The largest absolute Gasteiger partial charge is 0.490 e. The summed E-state index contributed by atoms with van der Waals surface area (Å²) in [6.45, 7) is 14.7. The van der Waals surface area contributed by atoms with Gasteiger partial charge in [0.05, 0.1) is 13.0 Å². The molecule has 2 fully saturated rings. The predicted octanol–water partition coefficient (Wildman–Crippen LogP) is 4.36. The number of nitrogens with one attached hydrogen (secondary N) is 1. The van der Waals surface area contributed by atoms with Crippen LogP contribution in [0.25, 0.3) is 0 Å². The Morgan fingerprint density at radius 1 is 1.17 bits per heavy atom. The van der Waals surface area contributed by atoms with Crippen LogP contribution >= 0.6 is 11.6 Å². The predicted molar refractivity (Wildman–Crippen MR) is 144 cm³/mol. The fourth-order valence-electron chi connectivity index (χ4n) is 5.39. The molecule has 36 heavy (non-hydrogen) atoms. The first-order valence-corrected chi connectivity index (χ1v) is 13.8. The van der Waals surface area contributed by atoms with Crippen molar-refractivity contribution in [1.29, 1.82) is 0 Å². The van der Waals surface area contributed by atoms with Crippen LogP contribution in [0.5, 0.6) is 5.75 Å². The number of morpholine rings is 1. The van der Waals surface area contributed by atoms with E-state index in [9.17, 15) is 9.59 Å². The summed E-state index contributed by atoms with van der Waals surface area (Å²) in [5.41, 5.74) is 1.23. The number of hydrogen-bond acceptors (Lipinski definition) is 5. The summed E-state index contributed by atoms with van der Waals surface area (Å²) >= 11 is 6.35. The van der Waals surface area contributed by atoms with Gasteiger partial charge in [0, 0.05) is 50.7 Å². The van der Waals surface area contributed by atoms with Gasteiger partial charge in [-0.3, -0.25) is 14.5 Å². The smallest absolute Gasteiger partial charge is 0.225 e. The van der Waals surface area contributed by atoms with E-state index in [0.717, 1.165) is 60.7 Å². The highest BCUT2D eigenvalue weighted by Crippen LogP contribution is 2.30. The van der Waals surface area contributed by atoms with Crippen LogP contribution < -0.4 is 10.1 Å². The second-order valence-electron chi connectivity index (χ2n) is 10.6. The second kappa shape index (κ2) is 13.1. The Labute approximate surface area is 221 Å². The lowest BCUT2D eigenvalue weighted by Gasteiger charge is -2.44. The zero-order valence-electron chi connectivity index (χ0n) is 22.7. The number of piperidine rings is 1. The number of ether oxygens (including phenoxy) is 2. The molecule has 1 aromatic rings. The lowest BCUT2D eigenvalue weighted by atomic mass is 9.94. The fourth-order valence-corrected chi connectivity index (χ4v) is 5.50. The number of aryl methyl sites for hydroxylation is 2. The Morgan fingerprint density at radius 2 is 1.81 bits per heavy atom. The quantitative estimate of drug-likeness (QED) is 0.495. The molecule has 1 aromatic carbocycles. The Bertz CT molecular complexity index is 876. The van der Waals surface area contributed by atoms with Crippen molar-refractivity contribution in [2.24, 2.45) is 5.92 Å². The highest BCUT2D eigenvalue weighted by molar-refractivity contribution is 6.32. The summed E-state index contributed by atoms with van der Waals surface area (Å²) in [5, 5.41) is 3.73. The molecular weight excluding hydrogens is 478 g/mol. The maximum Gasteiger partial charge on any atom is 0.225 e. The summed E-state index contributed by atoms with van der Waals surface area (Å²) < 4.78 is 12.7. The Balaban J connectivity index is 1.72. The van der Waals surface area contributed by atoms with Gasteiger partial charge in [-0.2, -0.15) is 0 Å². The molecule has 2 aliphatic rings. The van der Waals surface area contributed by atoms with Gasteiger partial charge in [-0.15, -0.1) is 0 Å². The van der Waals surface area contributed by atoms with Gasteiger partial charge >= 0.3 is 0 Å². The van der Waals surface area contributed by atoms with Crippen molar-refractivity contribution in [2.45, 2.75) is 78.4 Å². The van der Waals surface area contributed by atoms with E-state index in [0.29, 0.717) is 38.8 Å². The van der Waals surface area contributed by atoms with E-state index in [1.165, 1.54) is 0 Å². The van der Waals surface area contributed by atoms with Crippen LogP contribution in [-0.4, -0.2) is 79.2 Å². The first kappa shape index (κ1) is 28.7. The molecule has 3 rings (SSSR count). The van der Waals surface area contributed by atoms with E-state index in [2.05, 4.69) is 24.1 Å². The van der Waals surface area contributed by atoms with Crippen LogP contribution in [0.3, 0.4) is 0 Å². The molecule has 1 unspecified atom stereocenters. The average molecular weight is 522 g/mol. The number of carbonyl (C=O) groups is 2. The fraction of sp³-hybridized carbons (Fsp3) is 0.714. The molecule has 2 heterocycles. The van der Waals surface area contributed by atoms with Gasteiger partial charge in [0.2, 0.25) is 11.8 Å². The second-order valence-corrected chi connectivity index (χ2v) is 11.0. The number of rotatable bonds is 10. The van der Waals surface area contributed by atoms with Gasteiger partial charge in [0.25, 0.3) is 0 Å². The number of benzene rings is 1. The molecule has 1 N–H and O–H groups in total. The minimum atomic E-state index is -0.711. The van der Waals surface area contributed by atoms with Crippen molar-refractivity contribution < 1.29 is 19.1 Å². The molecule has 0 saturated carbocycles. The monoisotopic (exact) mass is 521 g/mol. The van der Waals surface area contributed by atoms with Crippen LogP contribution in [-0.2, 0) is 14.3 Å². The molecule has 202 valence electrons. The van der Waals surface area contributed by atoms with Crippen LogP contribution in [0.4, 0.5) is 0 Å². The van der Waals surface area contributed by atoms with Crippen LogP contribution in [0.1, 0.15) is 64.0 Å². The van der Waals surface area contributed by atoms with Gasteiger partial charge < -0.3 is 19.7 Å². The average Bonchev–Trinajstić information content (AvgIpc) is 2.84. The van der Waals surface area contributed by atoms with Crippen molar-refractivity contribution in [2.75, 3.05) is 45.9 Å². The van der Waals surface area contributed by atoms with Gasteiger partial charge in [0.1, 0.15) is 18.0 Å². The SMILES string of the molecule is CCC(CC)CN1CCOC(COc2cc(C)c(Cl)c(C)c2)(CC(=O)N2CCC(NC(C)=O)CC2)C1. The van der Waals surface area contributed by atoms with E-state index in [1.807, 2.05) is 30.9 Å². The lowest BCUT2D eigenvalue weighted by Crippen LogP contribution is -2.58. The molecule has 0 radical (unpaired) electrons. The summed E-state index contributed by atoms with van der Waals surface area (Å²) in [6, 6.07) is 4.03. The third-order valence-corrected chi connectivity index (χ3v) is 8.24. The maximum atomic E-state index is 13.5. The van der Waals surface area contributed by atoms with E-state index < -0.39 is 5.60 Å². The highest BCUT2D eigenvalue weighted by atomic mass is 35.5. The van der Waals surface area contributed by atoms with E-state index in [1.54, 1.807) is 6.92 Å². The topological polar surface area (TPSA) is 71.1 Å². The molecule has 0 aliphatic carbocycles. The summed E-state index contributed by atoms with van der Waals surface area (Å²) in [4.78, 5) is 29.2. The summed E-state index contributed by atoms with van der Waals surface area (Å²) in [6.07, 6.45) is 4.12. The van der Waals surface area contributed by atoms with Crippen molar-refractivity contribution in [3.05, 3.63) is 28.3 Å². The molecule has 2 aliphatic heterocycles. The summed E-state index contributed by atoms with van der Waals surface area (Å²) in [7, 11) is 0. The molecule has 0 aromatic heterocycles. The van der Waals surface area contributed by atoms with Gasteiger partial charge in [-0.1, -0.05) is 38.3 Å². The zero-order valence-corrected chi connectivity index (χ0v) is 23.5. The number of hydrogen-bond donors (Lipinski definition) is 1. The number of nitrogens with zero attached hydrogens (tertiary/aromatic N) is 2. The van der Waals surface area contributed by atoms with Crippen molar-refractivity contribution >= 4 is 23.4 Å². The Morgan fingerprint density at radius 3 is 2.39 bits per heavy atom. The van der Waals surface area contributed by atoms with Crippen molar-refractivity contribution in [1.82, 2.24) is 15.1 Å². The first-order chi connectivity index (χ1) is 17.1. The van der Waals surface area contributed by atoms with Crippen molar-refractivity contribution in [3.8, 4) is 5.75 Å². The molecule has 7 nitrogen and oxygen atoms in total. The Hall–Kier alpha value is -1.83. The summed E-state index contributed by atoms with van der Waals surface area (Å²) in [5.74, 6) is 1.45.